The number of aliphatic hydroxyl groups is 9. The monoisotopic (exact) mass is 1080 g/mol. The molecular weight excluding hydrogens is 965 g/mol. The molecule has 2 fully saturated rings. The first-order chi connectivity index (χ1) is 36.2. The van der Waals surface area contributed by atoms with E-state index in [-0.39, 0.29) is 12.8 Å². The highest BCUT2D eigenvalue weighted by Gasteiger charge is 2.51. The molecule has 2 heterocycles. The zero-order valence-electron chi connectivity index (χ0n) is 47.3. The second-order valence-electron chi connectivity index (χ2n) is 22.6. The number of unbranched alkanes of at least 4 members (excludes halogenated alkanes) is 29. The van der Waals surface area contributed by atoms with Crippen LogP contribution >= 0.6 is 0 Å². The molecule has 0 aromatic carbocycles. The maximum atomic E-state index is 13.4. The van der Waals surface area contributed by atoms with Crippen molar-refractivity contribution in [2.75, 3.05) is 19.8 Å². The summed E-state index contributed by atoms with van der Waals surface area (Å²) in [6, 6.07) is -2.67. The highest BCUT2D eigenvalue weighted by molar-refractivity contribution is 5.80. The molecule has 0 aromatic heterocycles. The van der Waals surface area contributed by atoms with Crippen molar-refractivity contribution in [3.63, 3.8) is 0 Å². The van der Waals surface area contributed by atoms with Crippen LogP contribution in [0.25, 0.3) is 0 Å². The maximum absolute atomic E-state index is 13.4. The number of hydrogen-bond donors (Lipinski definition) is 11. The van der Waals surface area contributed by atoms with Crippen molar-refractivity contribution in [3.8, 4) is 0 Å². The van der Waals surface area contributed by atoms with Crippen molar-refractivity contribution in [2.45, 2.75) is 332 Å². The van der Waals surface area contributed by atoms with E-state index in [1.807, 2.05) is 0 Å². The Hall–Kier alpha value is -1.58. The van der Waals surface area contributed by atoms with Gasteiger partial charge in [-0.25, -0.2) is 0 Å². The summed E-state index contributed by atoms with van der Waals surface area (Å²) in [4.78, 5) is 25.4. The molecule has 2 rings (SSSR count). The molecule has 11 N–H and O–H groups in total. The predicted molar refractivity (Wildman–Crippen MR) is 291 cm³/mol. The summed E-state index contributed by atoms with van der Waals surface area (Å²) in [6.07, 6.45) is 20.2. The van der Waals surface area contributed by atoms with Gasteiger partial charge in [0.1, 0.15) is 61.0 Å². The fourth-order valence-corrected chi connectivity index (χ4v) is 10.5. The summed E-state index contributed by atoms with van der Waals surface area (Å²) >= 11 is 0. The minimum Gasteiger partial charge on any atom is -0.394 e. The lowest BCUT2D eigenvalue weighted by Crippen LogP contribution is -2.67. The van der Waals surface area contributed by atoms with Gasteiger partial charge in [-0.2, -0.15) is 0 Å². The summed E-state index contributed by atoms with van der Waals surface area (Å²) in [5.41, 5.74) is 0. The number of aliphatic hydroxyl groups excluding tert-OH is 9. The molecule has 0 bridgehead atoms. The van der Waals surface area contributed by atoms with E-state index in [2.05, 4.69) is 31.4 Å². The second-order valence-corrected chi connectivity index (χ2v) is 22.6. The molecule has 0 aliphatic carbocycles. The Morgan fingerprint density at radius 3 is 1.36 bits per heavy atom. The van der Waals surface area contributed by atoms with Crippen LogP contribution in [0.2, 0.25) is 0 Å². The molecule has 444 valence electrons. The van der Waals surface area contributed by atoms with Crippen molar-refractivity contribution in [1.82, 2.24) is 10.6 Å². The summed E-state index contributed by atoms with van der Waals surface area (Å²) in [5.74, 6) is -0.599. The molecule has 14 atom stereocenters. The molecule has 0 unspecified atom stereocenters. The molecule has 2 saturated heterocycles. The number of rotatable bonds is 47. The number of nitrogens with one attached hydrogen (secondary N) is 2. The predicted octanol–water partition coefficient (Wildman–Crippen LogP) is 7.28. The van der Waals surface area contributed by atoms with Crippen molar-refractivity contribution >= 4 is 11.8 Å². The Bertz CT molecular complexity index is 1380. The topological polar surface area (TPSA) is 277 Å². The third-order valence-corrected chi connectivity index (χ3v) is 15.4. The average Bonchev–Trinajstić information content (AvgIpc) is 3.39. The van der Waals surface area contributed by atoms with E-state index in [9.17, 15) is 55.5 Å². The summed E-state index contributed by atoms with van der Waals surface area (Å²) in [7, 11) is 0. The van der Waals surface area contributed by atoms with Crippen LogP contribution in [0.15, 0.2) is 0 Å². The largest absolute Gasteiger partial charge is 0.394 e. The summed E-state index contributed by atoms with van der Waals surface area (Å²) in [5, 5.41) is 102. The molecule has 2 aliphatic heterocycles. The highest BCUT2D eigenvalue weighted by atomic mass is 16.7. The number of carbonyl (C=O) groups is 2. The van der Waals surface area contributed by atoms with Crippen molar-refractivity contribution in [3.05, 3.63) is 0 Å². The van der Waals surface area contributed by atoms with E-state index >= 15 is 0 Å². The third-order valence-electron chi connectivity index (χ3n) is 15.4. The molecule has 2 amide bonds. The fraction of sp³-hybridized carbons (Fsp3) is 0.966. The quantitative estimate of drug-likeness (QED) is 0.0267. The van der Waals surface area contributed by atoms with Crippen molar-refractivity contribution in [2.24, 2.45) is 5.92 Å². The summed E-state index contributed by atoms with van der Waals surface area (Å²) < 4.78 is 23.2. The van der Waals surface area contributed by atoms with Gasteiger partial charge in [0.05, 0.1) is 32.0 Å². The van der Waals surface area contributed by atoms with Gasteiger partial charge in [0, 0.05) is 6.92 Å². The normalized spacial score (nSPS) is 25.8. The molecule has 0 radical (unpaired) electrons. The standard InChI is InChI=1S/C58H112N2O15/c1-5-6-7-8-9-10-11-12-13-14-15-16-17-18-23-26-29-32-35-38-46(65)56(71)60-44(50(66)45(64)37-34-31-28-25-22-20-19-21-24-27-30-33-36-42(2)3)41-72-58-54(70)53(69)55(48(40-62)74-58)75-57-49(59-43(4)63)52(68)51(67)47(39-61)73-57/h42,44-55,57-58,61-62,64-70H,5-41H2,1-4H3,(H,59,63)(H,60,71)/t44-,45+,46+,47+,48+,49+,50-,51+,52+,53+,54+,55-,57+,58-/m0/s1. The zero-order valence-corrected chi connectivity index (χ0v) is 47.3. The smallest absolute Gasteiger partial charge is 0.249 e. The van der Waals surface area contributed by atoms with Gasteiger partial charge in [0.15, 0.2) is 12.6 Å². The van der Waals surface area contributed by atoms with Crippen LogP contribution in [0.1, 0.15) is 246 Å². The lowest BCUT2D eigenvalue weighted by molar-refractivity contribution is -0.347. The van der Waals surface area contributed by atoms with Gasteiger partial charge in [-0.05, 0) is 18.8 Å². The second kappa shape index (κ2) is 43.2. The Morgan fingerprint density at radius 1 is 0.520 bits per heavy atom. The van der Waals surface area contributed by atoms with Crippen LogP contribution in [-0.4, -0.2) is 163 Å². The fourth-order valence-electron chi connectivity index (χ4n) is 10.5. The molecule has 2 aliphatic rings. The van der Waals surface area contributed by atoms with Gasteiger partial charge in [-0.15, -0.1) is 0 Å². The molecular formula is C58H112N2O15. The molecule has 0 spiro atoms. The van der Waals surface area contributed by atoms with Gasteiger partial charge in [0.2, 0.25) is 11.8 Å². The first-order valence-corrected chi connectivity index (χ1v) is 30.3. The molecule has 17 heteroatoms. The Morgan fingerprint density at radius 2 is 0.933 bits per heavy atom. The van der Waals surface area contributed by atoms with Crippen LogP contribution in [0.3, 0.4) is 0 Å². The van der Waals surface area contributed by atoms with Crippen LogP contribution < -0.4 is 10.6 Å². The Balaban J connectivity index is 1.89. The van der Waals surface area contributed by atoms with Crippen molar-refractivity contribution in [1.29, 1.82) is 0 Å². The number of amides is 2. The van der Waals surface area contributed by atoms with Gasteiger partial charge in [-0.3, -0.25) is 9.59 Å². The first-order valence-electron chi connectivity index (χ1n) is 30.3. The highest BCUT2D eigenvalue weighted by Crippen LogP contribution is 2.30. The maximum Gasteiger partial charge on any atom is 0.249 e. The first kappa shape index (κ1) is 69.5. The number of hydrogen-bond acceptors (Lipinski definition) is 15. The molecule has 0 saturated carbocycles. The van der Waals surface area contributed by atoms with E-state index in [0.717, 1.165) is 57.8 Å². The lowest BCUT2D eigenvalue weighted by Gasteiger charge is -2.47. The third kappa shape index (κ3) is 30.0. The zero-order chi connectivity index (χ0) is 55.2. The van der Waals surface area contributed by atoms with Gasteiger partial charge in [0.25, 0.3) is 0 Å². The number of ether oxygens (including phenoxy) is 4. The minimum atomic E-state index is -1.86. The van der Waals surface area contributed by atoms with E-state index in [0.29, 0.717) is 12.8 Å². The van der Waals surface area contributed by atoms with E-state index in [1.165, 1.54) is 148 Å². The van der Waals surface area contributed by atoms with Crippen LogP contribution in [-0.2, 0) is 28.5 Å². The van der Waals surface area contributed by atoms with Gasteiger partial charge in [-0.1, -0.05) is 226 Å². The Labute approximate surface area is 453 Å². The van der Waals surface area contributed by atoms with E-state index in [4.69, 9.17) is 18.9 Å². The van der Waals surface area contributed by atoms with Crippen LogP contribution in [0, 0.1) is 5.92 Å². The molecule has 0 aromatic rings. The van der Waals surface area contributed by atoms with Gasteiger partial charge < -0.3 is 75.5 Å². The number of carbonyl (C=O) groups excluding carboxylic acids is 2. The average molecular weight is 1080 g/mol. The minimum absolute atomic E-state index is 0.202. The van der Waals surface area contributed by atoms with Crippen LogP contribution in [0.4, 0.5) is 0 Å². The summed E-state index contributed by atoms with van der Waals surface area (Å²) in [6.45, 7) is 5.91. The van der Waals surface area contributed by atoms with E-state index < -0.39 is 117 Å². The molecule has 17 nitrogen and oxygen atoms in total. The molecule has 75 heavy (non-hydrogen) atoms. The van der Waals surface area contributed by atoms with Crippen LogP contribution in [0.5, 0.6) is 0 Å². The lowest BCUT2D eigenvalue weighted by atomic mass is 9.95. The van der Waals surface area contributed by atoms with E-state index in [1.54, 1.807) is 0 Å². The Kier molecular flexibility index (Phi) is 40.1. The van der Waals surface area contributed by atoms with Gasteiger partial charge >= 0.3 is 0 Å². The SMILES string of the molecule is CCCCCCCCCCCCCCCCCCCCC[C@@H](O)C(=O)N[C@@H](CO[C@H]1O[C@H](CO)[C@H](O[C@H]2O[C@H](CO)[C@@H](O)[C@H](O)[C@H]2NC(C)=O)[C@H](O)[C@H]1O)[C@H](O)[C@H](O)CCCCCCCCCCCCCCC(C)C. The van der Waals surface area contributed by atoms with Crippen molar-refractivity contribution < 1.29 is 74.5 Å².